The molecule has 0 bridgehead atoms. The highest BCUT2D eigenvalue weighted by Crippen LogP contribution is 2.23. The number of hydrogen-bond donors (Lipinski definition) is 1. The minimum Gasteiger partial charge on any atom is -0.354 e. The van der Waals surface area contributed by atoms with Gasteiger partial charge in [-0.15, -0.1) is 0 Å². The van der Waals surface area contributed by atoms with Gasteiger partial charge in [0.15, 0.2) is 0 Å². The molecular formula is C32H40FN3O4S. The number of para-hydroxylation sites is 1. The normalized spacial score (nSPS) is 12.0. The van der Waals surface area contributed by atoms with Crippen molar-refractivity contribution in [2.24, 2.45) is 0 Å². The van der Waals surface area contributed by atoms with Gasteiger partial charge in [0.05, 0.1) is 11.9 Å². The second-order valence-corrected chi connectivity index (χ2v) is 12.2. The third-order valence-corrected chi connectivity index (χ3v) is 8.03. The number of halogens is 1. The van der Waals surface area contributed by atoms with Crippen LogP contribution in [0.2, 0.25) is 0 Å². The predicted octanol–water partition coefficient (Wildman–Crippen LogP) is 5.24. The first kappa shape index (κ1) is 31.8. The van der Waals surface area contributed by atoms with E-state index >= 15 is 0 Å². The molecule has 0 unspecified atom stereocenters. The standard InChI is InChI=1S/C32H40FN3O4S/c1-4-5-21-34-32(38)30(23-26-12-7-6-8-13-26)35(24-27-19-17-25(2)18-20-27)31(37)16-11-22-36(41(3,39)40)29-15-10-9-14-28(29)33/h6-10,12-15,17-20,30H,4-5,11,16,21-24H2,1-3H3,(H,34,38)/t30-/m0/s1. The van der Waals surface area contributed by atoms with E-state index in [4.69, 9.17) is 0 Å². The Kier molecular flexibility index (Phi) is 11.9. The monoisotopic (exact) mass is 581 g/mol. The number of rotatable bonds is 15. The van der Waals surface area contributed by atoms with Gasteiger partial charge in [0.1, 0.15) is 11.9 Å². The van der Waals surface area contributed by atoms with E-state index in [1.165, 1.54) is 18.2 Å². The smallest absolute Gasteiger partial charge is 0.243 e. The molecule has 0 aliphatic heterocycles. The highest BCUT2D eigenvalue weighted by Gasteiger charge is 2.30. The molecule has 0 aliphatic rings. The van der Waals surface area contributed by atoms with Crippen LogP contribution in [0, 0.1) is 12.7 Å². The number of amides is 2. The summed E-state index contributed by atoms with van der Waals surface area (Å²) in [5, 5.41) is 2.99. The average Bonchev–Trinajstić information content (AvgIpc) is 2.94. The van der Waals surface area contributed by atoms with Crippen LogP contribution in [0.4, 0.5) is 10.1 Å². The predicted molar refractivity (Wildman–Crippen MR) is 161 cm³/mol. The maximum Gasteiger partial charge on any atom is 0.243 e. The van der Waals surface area contributed by atoms with Gasteiger partial charge in [0.25, 0.3) is 0 Å². The molecule has 0 fully saturated rings. The first-order valence-electron chi connectivity index (χ1n) is 14.0. The Morgan fingerprint density at radius 1 is 0.902 bits per heavy atom. The van der Waals surface area contributed by atoms with Gasteiger partial charge in [-0.05, 0) is 43.0 Å². The van der Waals surface area contributed by atoms with Crippen LogP contribution in [0.3, 0.4) is 0 Å². The lowest BCUT2D eigenvalue weighted by atomic mass is 10.0. The van der Waals surface area contributed by atoms with Gasteiger partial charge in [-0.1, -0.05) is 85.6 Å². The van der Waals surface area contributed by atoms with Gasteiger partial charge < -0.3 is 10.2 Å². The molecule has 2 amide bonds. The summed E-state index contributed by atoms with van der Waals surface area (Å²) >= 11 is 0. The largest absolute Gasteiger partial charge is 0.354 e. The fraction of sp³-hybridized carbons (Fsp3) is 0.375. The lowest BCUT2D eigenvalue weighted by Crippen LogP contribution is -2.50. The number of sulfonamides is 1. The summed E-state index contributed by atoms with van der Waals surface area (Å²) in [6, 6.07) is 22.3. The van der Waals surface area contributed by atoms with Gasteiger partial charge in [-0.25, -0.2) is 12.8 Å². The van der Waals surface area contributed by atoms with Crippen molar-refractivity contribution in [1.82, 2.24) is 10.2 Å². The van der Waals surface area contributed by atoms with Crippen molar-refractivity contribution in [3.8, 4) is 0 Å². The van der Waals surface area contributed by atoms with Crippen LogP contribution in [0.5, 0.6) is 0 Å². The Morgan fingerprint density at radius 2 is 1.56 bits per heavy atom. The molecular weight excluding hydrogens is 541 g/mol. The molecule has 7 nitrogen and oxygen atoms in total. The van der Waals surface area contributed by atoms with E-state index in [9.17, 15) is 22.4 Å². The summed E-state index contributed by atoms with van der Waals surface area (Å²) in [5.41, 5.74) is 2.83. The number of anilines is 1. The van der Waals surface area contributed by atoms with Crippen LogP contribution in [-0.2, 0) is 32.6 Å². The molecule has 0 radical (unpaired) electrons. The Bertz CT molecular complexity index is 1380. The van der Waals surface area contributed by atoms with E-state index in [1.807, 2.05) is 68.4 Å². The third kappa shape index (κ3) is 9.70. The maximum atomic E-state index is 14.5. The molecule has 220 valence electrons. The summed E-state index contributed by atoms with van der Waals surface area (Å²) in [6.07, 6.45) is 3.24. The molecule has 3 rings (SSSR count). The molecule has 3 aromatic rings. The first-order chi connectivity index (χ1) is 19.6. The number of nitrogens with zero attached hydrogens (tertiary/aromatic N) is 2. The van der Waals surface area contributed by atoms with Crippen LogP contribution >= 0.6 is 0 Å². The second kappa shape index (κ2) is 15.3. The number of benzene rings is 3. The summed E-state index contributed by atoms with van der Waals surface area (Å²) in [4.78, 5) is 28.9. The summed E-state index contributed by atoms with van der Waals surface area (Å²) in [5.74, 6) is -1.16. The summed E-state index contributed by atoms with van der Waals surface area (Å²) < 4.78 is 40.4. The van der Waals surface area contributed by atoms with Gasteiger partial charge in [0.2, 0.25) is 21.8 Å². The fourth-order valence-electron chi connectivity index (χ4n) is 4.59. The van der Waals surface area contributed by atoms with Crippen molar-refractivity contribution < 1.29 is 22.4 Å². The van der Waals surface area contributed by atoms with Gasteiger partial charge in [-0.3, -0.25) is 13.9 Å². The van der Waals surface area contributed by atoms with Crippen molar-refractivity contribution in [3.63, 3.8) is 0 Å². The maximum absolute atomic E-state index is 14.5. The van der Waals surface area contributed by atoms with Crippen molar-refractivity contribution in [3.05, 3.63) is 101 Å². The zero-order valence-electron chi connectivity index (χ0n) is 24.1. The number of carbonyl (C=O) groups is 2. The quantitative estimate of drug-likeness (QED) is 0.249. The van der Waals surface area contributed by atoms with Crippen LogP contribution in [0.15, 0.2) is 78.9 Å². The van der Waals surface area contributed by atoms with E-state index in [2.05, 4.69) is 5.32 Å². The van der Waals surface area contributed by atoms with E-state index in [-0.39, 0.29) is 43.4 Å². The van der Waals surface area contributed by atoms with Crippen molar-refractivity contribution in [2.75, 3.05) is 23.7 Å². The topological polar surface area (TPSA) is 86.8 Å². The molecule has 0 heterocycles. The fourth-order valence-corrected chi connectivity index (χ4v) is 5.55. The van der Waals surface area contributed by atoms with Crippen LogP contribution in [0.25, 0.3) is 0 Å². The van der Waals surface area contributed by atoms with E-state index in [1.54, 1.807) is 11.0 Å². The van der Waals surface area contributed by atoms with Crippen molar-refractivity contribution in [1.29, 1.82) is 0 Å². The third-order valence-electron chi connectivity index (χ3n) is 6.85. The van der Waals surface area contributed by atoms with E-state index < -0.39 is 21.9 Å². The Labute approximate surface area is 243 Å². The highest BCUT2D eigenvalue weighted by molar-refractivity contribution is 7.92. The Hall–Kier alpha value is -3.72. The van der Waals surface area contributed by atoms with Crippen molar-refractivity contribution in [2.45, 2.75) is 58.5 Å². The highest BCUT2D eigenvalue weighted by atomic mass is 32.2. The Morgan fingerprint density at radius 3 is 2.20 bits per heavy atom. The number of nitrogens with one attached hydrogen (secondary N) is 1. The Balaban J connectivity index is 1.87. The van der Waals surface area contributed by atoms with E-state index in [0.717, 1.165) is 40.1 Å². The zero-order chi connectivity index (χ0) is 29.8. The van der Waals surface area contributed by atoms with Crippen LogP contribution < -0.4 is 9.62 Å². The molecule has 3 aromatic carbocycles. The van der Waals surface area contributed by atoms with E-state index in [0.29, 0.717) is 13.0 Å². The van der Waals surface area contributed by atoms with Crippen LogP contribution in [-0.4, -0.2) is 50.5 Å². The molecule has 0 aliphatic carbocycles. The van der Waals surface area contributed by atoms with Gasteiger partial charge in [0, 0.05) is 32.5 Å². The zero-order valence-corrected chi connectivity index (χ0v) is 24.9. The molecule has 9 heteroatoms. The minimum atomic E-state index is -3.79. The molecule has 1 atom stereocenters. The van der Waals surface area contributed by atoms with Crippen molar-refractivity contribution >= 4 is 27.5 Å². The summed E-state index contributed by atoms with van der Waals surface area (Å²) in [6.45, 7) is 4.69. The number of hydrogen-bond acceptors (Lipinski definition) is 4. The average molecular weight is 582 g/mol. The van der Waals surface area contributed by atoms with Crippen LogP contribution in [0.1, 0.15) is 49.3 Å². The number of aryl methyl sites for hydroxylation is 1. The number of carbonyl (C=O) groups excluding carboxylic acids is 2. The molecule has 0 saturated heterocycles. The van der Waals surface area contributed by atoms with Gasteiger partial charge >= 0.3 is 0 Å². The second-order valence-electron chi connectivity index (χ2n) is 10.2. The molecule has 41 heavy (non-hydrogen) atoms. The SMILES string of the molecule is CCCCNC(=O)[C@H](Cc1ccccc1)N(Cc1ccc(C)cc1)C(=O)CCCN(c1ccccc1F)S(C)(=O)=O. The number of unbranched alkanes of at least 4 members (excludes halogenated alkanes) is 1. The molecule has 0 saturated carbocycles. The first-order valence-corrected chi connectivity index (χ1v) is 15.8. The van der Waals surface area contributed by atoms with Gasteiger partial charge in [-0.2, -0.15) is 0 Å². The summed E-state index contributed by atoms with van der Waals surface area (Å²) in [7, 11) is -3.79. The lowest BCUT2D eigenvalue weighted by Gasteiger charge is -2.32. The minimum absolute atomic E-state index is 0.0140. The molecule has 0 spiro atoms. The molecule has 1 N–H and O–H groups in total. The lowest BCUT2D eigenvalue weighted by molar-refractivity contribution is -0.141. The molecule has 0 aromatic heterocycles.